The fourth-order valence-corrected chi connectivity index (χ4v) is 0.297. The quantitative estimate of drug-likeness (QED) is 0.461. The van der Waals surface area contributed by atoms with Gasteiger partial charge in [0.05, 0.1) is 0 Å². The van der Waals surface area contributed by atoms with E-state index in [0.717, 1.165) is 5.82 Å². The van der Waals surface area contributed by atoms with E-state index in [2.05, 4.69) is 15.0 Å². The second-order valence-corrected chi connectivity index (χ2v) is 1.19. The van der Waals surface area contributed by atoms with Gasteiger partial charge in [-0.05, 0) is 6.92 Å². The molecular formula is C4H5N3. The summed E-state index contributed by atoms with van der Waals surface area (Å²) in [6.45, 7) is 1.82. The summed E-state index contributed by atoms with van der Waals surface area (Å²) >= 11 is 0. The molecule has 0 amide bonds. The van der Waals surface area contributed by atoms with Gasteiger partial charge in [0.15, 0.2) is 0 Å². The van der Waals surface area contributed by atoms with Crippen LogP contribution in [-0.4, -0.2) is 15.0 Å². The Kier molecular flexibility index (Phi) is 0.978. The van der Waals surface area contributed by atoms with Crippen molar-refractivity contribution >= 4 is 0 Å². The van der Waals surface area contributed by atoms with Crippen molar-refractivity contribution in [3.05, 3.63) is 18.5 Å². The van der Waals surface area contributed by atoms with Crippen LogP contribution in [-0.2, 0) is 0 Å². The van der Waals surface area contributed by atoms with E-state index < -0.39 is 0 Å². The van der Waals surface area contributed by atoms with Gasteiger partial charge < -0.3 is 0 Å². The number of nitrogens with zero attached hydrogens (tertiary/aromatic N) is 3. The van der Waals surface area contributed by atoms with Crippen LogP contribution in [0.2, 0.25) is 0 Å². The molecule has 0 aliphatic rings. The maximum atomic E-state index is 3.76. The molecule has 0 aromatic carbocycles. The first-order valence-electron chi connectivity index (χ1n) is 1.98. The first kappa shape index (κ1) is 4.18. The molecular weight excluding hydrogens is 90.1 g/mol. The van der Waals surface area contributed by atoms with Crippen LogP contribution in [0.3, 0.4) is 0 Å². The van der Waals surface area contributed by atoms with Crippen molar-refractivity contribution in [2.24, 2.45) is 0 Å². The van der Waals surface area contributed by atoms with Gasteiger partial charge in [0, 0.05) is 0 Å². The molecule has 7 heavy (non-hydrogen) atoms. The van der Waals surface area contributed by atoms with Crippen LogP contribution in [0.25, 0.3) is 0 Å². The van der Waals surface area contributed by atoms with Gasteiger partial charge >= 0.3 is 0 Å². The van der Waals surface area contributed by atoms with E-state index in [4.69, 9.17) is 0 Å². The Morgan fingerprint density at radius 1 is 1.29 bits per heavy atom. The Balaban J connectivity index is 3.02. The molecule has 36 valence electrons. The third kappa shape index (κ3) is 0.924. The third-order valence-corrected chi connectivity index (χ3v) is 0.622. The Hall–Kier alpha value is -0.990. The maximum Gasteiger partial charge on any atom is 0.128 e. The third-order valence-electron chi connectivity index (χ3n) is 0.622. The standard InChI is InChI=1S/C4H5N3/c1-4-6-2-5-3-7-4/h2-3H,1H3. The van der Waals surface area contributed by atoms with E-state index in [1.165, 1.54) is 12.7 Å². The average molecular weight is 95.1 g/mol. The van der Waals surface area contributed by atoms with Crippen LogP contribution in [0.5, 0.6) is 0 Å². The Labute approximate surface area is 41.5 Å². The van der Waals surface area contributed by atoms with Crippen molar-refractivity contribution < 1.29 is 0 Å². The van der Waals surface area contributed by atoms with Gasteiger partial charge in [-0.15, -0.1) is 0 Å². The van der Waals surface area contributed by atoms with Crippen molar-refractivity contribution in [3.8, 4) is 0 Å². The molecule has 3 heteroatoms. The number of hydrogen-bond acceptors (Lipinski definition) is 3. The zero-order valence-electron chi connectivity index (χ0n) is 4.00. The van der Waals surface area contributed by atoms with Crippen molar-refractivity contribution in [2.75, 3.05) is 0 Å². The zero-order chi connectivity index (χ0) is 5.11. The van der Waals surface area contributed by atoms with Crippen LogP contribution in [0.15, 0.2) is 12.7 Å². The van der Waals surface area contributed by atoms with Gasteiger partial charge in [-0.2, -0.15) is 0 Å². The van der Waals surface area contributed by atoms with Crippen LogP contribution in [0.4, 0.5) is 0 Å². The molecule has 0 atom stereocenters. The van der Waals surface area contributed by atoms with Crippen LogP contribution < -0.4 is 0 Å². The van der Waals surface area contributed by atoms with E-state index in [9.17, 15) is 0 Å². The topological polar surface area (TPSA) is 38.7 Å². The molecule has 3 nitrogen and oxygen atoms in total. The Morgan fingerprint density at radius 3 is 2.14 bits per heavy atom. The van der Waals surface area contributed by atoms with Gasteiger partial charge in [-0.25, -0.2) is 15.0 Å². The molecule has 1 heterocycles. The molecule has 0 radical (unpaired) electrons. The summed E-state index contributed by atoms with van der Waals surface area (Å²) in [4.78, 5) is 11.1. The Morgan fingerprint density at radius 2 is 1.86 bits per heavy atom. The van der Waals surface area contributed by atoms with Gasteiger partial charge in [0.25, 0.3) is 0 Å². The van der Waals surface area contributed by atoms with Gasteiger partial charge in [-0.3, -0.25) is 0 Å². The largest absolute Gasteiger partial charge is 0.225 e. The molecule has 0 fully saturated rings. The molecule has 1 aromatic rings. The number of aromatic nitrogens is 3. The summed E-state index contributed by atoms with van der Waals surface area (Å²) in [5, 5.41) is 0. The van der Waals surface area contributed by atoms with Crippen LogP contribution in [0.1, 0.15) is 5.82 Å². The first-order valence-corrected chi connectivity index (χ1v) is 1.98. The lowest BCUT2D eigenvalue weighted by Crippen LogP contribution is -1.84. The predicted molar refractivity (Wildman–Crippen MR) is 24.6 cm³/mol. The second kappa shape index (κ2) is 1.64. The first-order chi connectivity index (χ1) is 3.39. The lowest BCUT2D eigenvalue weighted by atomic mass is 10.7. The maximum absolute atomic E-state index is 3.76. The fourth-order valence-electron chi connectivity index (χ4n) is 0.297. The normalized spacial score (nSPS) is 8.71. The van der Waals surface area contributed by atoms with E-state index in [-0.39, 0.29) is 0 Å². The molecule has 1 rings (SSSR count). The van der Waals surface area contributed by atoms with Gasteiger partial charge in [-0.1, -0.05) is 0 Å². The molecule has 0 aliphatic heterocycles. The zero-order valence-corrected chi connectivity index (χ0v) is 4.00. The second-order valence-electron chi connectivity index (χ2n) is 1.19. The molecule has 0 saturated heterocycles. The van der Waals surface area contributed by atoms with Crippen LogP contribution in [0, 0.1) is 6.92 Å². The minimum atomic E-state index is 0.759. The van der Waals surface area contributed by atoms with Crippen molar-refractivity contribution in [1.82, 2.24) is 15.0 Å². The number of rotatable bonds is 0. The smallest absolute Gasteiger partial charge is 0.128 e. The highest BCUT2D eigenvalue weighted by atomic mass is 15.0. The van der Waals surface area contributed by atoms with E-state index in [0.29, 0.717) is 0 Å². The summed E-state index contributed by atoms with van der Waals surface area (Å²) in [5.74, 6) is 0.759. The molecule has 0 bridgehead atoms. The molecule has 0 saturated carbocycles. The van der Waals surface area contributed by atoms with Crippen molar-refractivity contribution in [2.45, 2.75) is 6.92 Å². The highest BCUT2D eigenvalue weighted by Crippen LogP contribution is 1.74. The lowest BCUT2D eigenvalue weighted by molar-refractivity contribution is 0.974. The van der Waals surface area contributed by atoms with Crippen LogP contribution >= 0.6 is 0 Å². The average Bonchev–Trinajstić information content (AvgIpc) is 1.69. The van der Waals surface area contributed by atoms with Gasteiger partial charge in [0.1, 0.15) is 18.5 Å². The summed E-state index contributed by atoms with van der Waals surface area (Å²) in [6.07, 6.45) is 2.95. The molecule has 0 N–H and O–H groups in total. The fraction of sp³-hybridized carbons (Fsp3) is 0.250. The molecule has 0 aliphatic carbocycles. The minimum Gasteiger partial charge on any atom is -0.225 e. The SMILES string of the molecule is Cc1ncncn1. The van der Waals surface area contributed by atoms with Gasteiger partial charge in [0.2, 0.25) is 0 Å². The summed E-state index contributed by atoms with van der Waals surface area (Å²) in [7, 11) is 0. The molecule has 0 spiro atoms. The lowest BCUT2D eigenvalue weighted by Gasteiger charge is -1.80. The predicted octanol–water partition coefficient (Wildman–Crippen LogP) is 0.180. The highest BCUT2D eigenvalue weighted by molar-refractivity contribution is 4.73. The summed E-state index contributed by atoms with van der Waals surface area (Å²) in [5.41, 5.74) is 0. The summed E-state index contributed by atoms with van der Waals surface area (Å²) < 4.78 is 0. The van der Waals surface area contributed by atoms with E-state index >= 15 is 0 Å². The minimum absolute atomic E-state index is 0.759. The van der Waals surface area contributed by atoms with E-state index in [1.54, 1.807) is 0 Å². The Bertz CT molecular complexity index is 137. The molecule has 0 unspecified atom stereocenters. The highest BCUT2D eigenvalue weighted by Gasteiger charge is 1.75. The summed E-state index contributed by atoms with van der Waals surface area (Å²) in [6, 6.07) is 0. The monoisotopic (exact) mass is 95.0 g/mol. The molecule has 1 aromatic heterocycles. The van der Waals surface area contributed by atoms with E-state index in [1.807, 2.05) is 6.92 Å². The van der Waals surface area contributed by atoms with Crippen molar-refractivity contribution in [1.29, 1.82) is 0 Å². The number of aryl methyl sites for hydroxylation is 1. The number of hydrogen-bond donors (Lipinski definition) is 0. The van der Waals surface area contributed by atoms with Crippen molar-refractivity contribution in [3.63, 3.8) is 0 Å².